The Balaban J connectivity index is 2.08. The number of anilines is 2. The third-order valence-electron chi connectivity index (χ3n) is 3.32. The topological polar surface area (TPSA) is 96.2 Å². The first-order valence-corrected chi connectivity index (χ1v) is 6.90. The fraction of sp³-hybridized carbons (Fsp3) is 0.545. The molecule has 0 radical (unpaired) electrons. The molecule has 0 spiro atoms. The predicted octanol–water partition coefficient (Wildman–Crippen LogP) is 0.487. The summed E-state index contributed by atoms with van der Waals surface area (Å²) in [5, 5.41) is 2.70. The number of carbonyl (C=O) groups excluding carboxylic acids is 1. The average molecular weight is 329 g/mol. The summed E-state index contributed by atoms with van der Waals surface area (Å²) in [6, 6.07) is 0. The van der Waals surface area contributed by atoms with Crippen LogP contribution in [-0.4, -0.2) is 36.0 Å². The standard InChI is InChI=1S/C11H17BrN6O/c1-14-11(19)7-2-4-18(5-3-7)10-8(12)9(17-13)15-6-16-10/h6-7H,2-5,13H2,1H3,(H,14,19)(H,15,16,17). The van der Waals surface area contributed by atoms with Crippen LogP contribution in [-0.2, 0) is 4.79 Å². The van der Waals surface area contributed by atoms with Crippen molar-refractivity contribution in [2.45, 2.75) is 12.8 Å². The van der Waals surface area contributed by atoms with E-state index in [2.05, 4.69) is 41.5 Å². The molecule has 2 rings (SSSR count). The van der Waals surface area contributed by atoms with Crippen LogP contribution in [0.25, 0.3) is 0 Å². The van der Waals surface area contributed by atoms with E-state index in [0.717, 1.165) is 36.2 Å². The van der Waals surface area contributed by atoms with Crippen LogP contribution in [0.5, 0.6) is 0 Å². The summed E-state index contributed by atoms with van der Waals surface area (Å²) in [7, 11) is 1.68. The van der Waals surface area contributed by atoms with Crippen molar-refractivity contribution in [1.82, 2.24) is 15.3 Å². The zero-order chi connectivity index (χ0) is 13.8. The lowest BCUT2D eigenvalue weighted by Crippen LogP contribution is -2.40. The van der Waals surface area contributed by atoms with Crippen LogP contribution in [0.4, 0.5) is 11.6 Å². The molecule has 104 valence electrons. The minimum atomic E-state index is 0.0916. The van der Waals surface area contributed by atoms with Crippen LogP contribution in [0.2, 0.25) is 0 Å². The minimum Gasteiger partial charge on any atom is -0.359 e. The number of nitrogen functional groups attached to an aromatic ring is 1. The third kappa shape index (κ3) is 2.95. The molecule has 0 bridgehead atoms. The van der Waals surface area contributed by atoms with Crippen molar-refractivity contribution in [3.05, 3.63) is 10.8 Å². The number of hydrazine groups is 1. The highest BCUT2D eigenvalue weighted by atomic mass is 79.9. The summed E-state index contributed by atoms with van der Waals surface area (Å²) in [6.45, 7) is 1.58. The minimum absolute atomic E-state index is 0.0916. The number of nitrogens with two attached hydrogens (primary N) is 1. The highest BCUT2D eigenvalue weighted by Crippen LogP contribution is 2.31. The van der Waals surface area contributed by atoms with Gasteiger partial charge >= 0.3 is 0 Å². The van der Waals surface area contributed by atoms with Gasteiger partial charge in [0.15, 0.2) is 5.82 Å². The van der Waals surface area contributed by atoms with Crippen molar-refractivity contribution in [2.75, 3.05) is 30.5 Å². The summed E-state index contributed by atoms with van der Waals surface area (Å²) < 4.78 is 0.746. The fourth-order valence-corrected chi connectivity index (χ4v) is 2.81. The molecule has 1 saturated heterocycles. The number of aromatic nitrogens is 2. The van der Waals surface area contributed by atoms with E-state index < -0.39 is 0 Å². The predicted molar refractivity (Wildman–Crippen MR) is 76.5 cm³/mol. The molecular formula is C11H17BrN6O. The van der Waals surface area contributed by atoms with Gasteiger partial charge < -0.3 is 15.6 Å². The molecule has 1 aromatic heterocycles. The van der Waals surface area contributed by atoms with Gasteiger partial charge in [-0.2, -0.15) is 0 Å². The van der Waals surface area contributed by atoms with E-state index in [0.29, 0.717) is 5.82 Å². The summed E-state index contributed by atoms with van der Waals surface area (Å²) >= 11 is 3.45. The number of halogens is 1. The van der Waals surface area contributed by atoms with Crippen LogP contribution >= 0.6 is 15.9 Å². The van der Waals surface area contributed by atoms with Gasteiger partial charge in [0.1, 0.15) is 16.6 Å². The van der Waals surface area contributed by atoms with Crippen molar-refractivity contribution in [3.63, 3.8) is 0 Å². The number of carbonyl (C=O) groups is 1. The Kier molecular flexibility index (Phi) is 4.54. The number of amides is 1. The van der Waals surface area contributed by atoms with Gasteiger partial charge in [0.05, 0.1) is 0 Å². The fourth-order valence-electron chi connectivity index (χ4n) is 2.24. The van der Waals surface area contributed by atoms with Gasteiger partial charge in [-0.3, -0.25) is 4.79 Å². The largest absolute Gasteiger partial charge is 0.359 e. The molecule has 19 heavy (non-hydrogen) atoms. The summed E-state index contributed by atoms with van der Waals surface area (Å²) in [4.78, 5) is 22.0. The van der Waals surface area contributed by atoms with E-state index in [9.17, 15) is 4.79 Å². The van der Waals surface area contributed by atoms with Crippen molar-refractivity contribution >= 4 is 33.5 Å². The van der Waals surface area contributed by atoms with Gasteiger partial charge in [-0.15, -0.1) is 0 Å². The van der Waals surface area contributed by atoms with Gasteiger partial charge in [0.2, 0.25) is 5.91 Å². The molecule has 7 nitrogen and oxygen atoms in total. The quantitative estimate of drug-likeness (QED) is 0.552. The zero-order valence-electron chi connectivity index (χ0n) is 10.7. The molecule has 2 heterocycles. The molecule has 0 aliphatic carbocycles. The third-order valence-corrected chi connectivity index (χ3v) is 4.05. The Bertz CT molecular complexity index is 460. The lowest BCUT2D eigenvalue weighted by Gasteiger charge is -2.32. The van der Waals surface area contributed by atoms with E-state index in [1.165, 1.54) is 6.33 Å². The maximum absolute atomic E-state index is 11.6. The number of rotatable bonds is 3. The second-order valence-electron chi connectivity index (χ2n) is 4.38. The van der Waals surface area contributed by atoms with Gasteiger partial charge in [0.25, 0.3) is 0 Å². The molecule has 1 fully saturated rings. The monoisotopic (exact) mass is 328 g/mol. The lowest BCUT2D eigenvalue weighted by atomic mass is 9.96. The average Bonchev–Trinajstić information content (AvgIpc) is 2.47. The van der Waals surface area contributed by atoms with Gasteiger partial charge in [0, 0.05) is 26.1 Å². The molecule has 0 unspecified atom stereocenters. The Morgan fingerprint density at radius 2 is 2.16 bits per heavy atom. The smallest absolute Gasteiger partial charge is 0.222 e. The number of hydrogen-bond donors (Lipinski definition) is 3. The SMILES string of the molecule is CNC(=O)C1CCN(c2ncnc(NN)c2Br)CC1. The molecule has 0 atom stereocenters. The first-order chi connectivity index (χ1) is 9.17. The van der Waals surface area contributed by atoms with Crippen molar-refractivity contribution in [3.8, 4) is 0 Å². The van der Waals surface area contributed by atoms with Gasteiger partial charge in [-0.05, 0) is 28.8 Å². The molecule has 1 aliphatic rings. The molecular weight excluding hydrogens is 312 g/mol. The summed E-state index contributed by atoms with van der Waals surface area (Å²) in [6.07, 6.45) is 3.11. The molecule has 4 N–H and O–H groups in total. The first-order valence-electron chi connectivity index (χ1n) is 6.11. The van der Waals surface area contributed by atoms with E-state index in [1.54, 1.807) is 7.05 Å². The van der Waals surface area contributed by atoms with E-state index >= 15 is 0 Å². The van der Waals surface area contributed by atoms with Crippen LogP contribution in [0.1, 0.15) is 12.8 Å². The second-order valence-corrected chi connectivity index (χ2v) is 5.17. The van der Waals surface area contributed by atoms with Crippen molar-refractivity contribution in [1.29, 1.82) is 0 Å². The van der Waals surface area contributed by atoms with Crippen molar-refractivity contribution < 1.29 is 4.79 Å². The van der Waals surface area contributed by atoms with Crippen molar-refractivity contribution in [2.24, 2.45) is 11.8 Å². The number of nitrogens with one attached hydrogen (secondary N) is 2. The summed E-state index contributed by atoms with van der Waals surface area (Å²) in [5.74, 6) is 6.95. The Morgan fingerprint density at radius 3 is 2.74 bits per heavy atom. The molecule has 0 saturated carbocycles. The Labute approximate surface area is 120 Å². The Hall–Kier alpha value is -1.41. The van der Waals surface area contributed by atoms with E-state index in [1.807, 2.05) is 0 Å². The first kappa shape index (κ1) is 14.0. The summed E-state index contributed by atoms with van der Waals surface area (Å²) in [5.41, 5.74) is 2.52. The number of nitrogens with zero attached hydrogens (tertiary/aromatic N) is 3. The normalized spacial score (nSPS) is 16.3. The maximum Gasteiger partial charge on any atom is 0.222 e. The van der Waals surface area contributed by atoms with E-state index in [4.69, 9.17) is 5.84 Å². The van der Waals surface area contributed by atoms with Crippen LogP contribution in [0.3, 0.4) is 0 Å². The Morgan fingerprint density at radius 1 is 1.47 bits per heavy atom. The molecule has 1 aromatic rings. The highest BCUT2D eigenvalue weighted by Gasteiger charge is 2.26. The molecule has 8 heteroatoms. The molecule has 1 amide bonds. The second kappa shape index (κ2) is 6.16. The zero-order valence-corrected chi connectivity index (χ0v) is 12.3. The highest BCUT2D eigenvalue weighted by molar-refractivity contribution is 9.10. The van der Waals surface area contributed by atoms with Crippen LogP contribution in [0, 0.1) is 5.92 Å². The molecule has 0 aromatic carbocycles. The molecule has 1 aliphatic heterocycles. The van der Waals surface area contributed by atoms with Gasteiger partial charge in [-0.1, -0.05) is 0 Å². The van der Waals surface area contributed by atoms with E-state index in [-0.39, 0.29) is 11.8 Å². The van der Waals surface area contributed by atoms with Gasteiger partial charge in [-0.25, -0.2) is 15.8 Å². The number of hydrogen-bond acceptors (Lipinski definition) is 6. The lowest BCUT2D eigenvalue weighted by molar-refractivity contribution is -0.125. The number of piperidine rings is 1. The maximum atomic E-state index is 11.6. The van der Waals surface area contributed by atoms with Crippen LogP contribution < -0.4 is 21.5 Å². The van der Waals surface area contributed by atoms with Crippen LogP contribution in [0.15, 0.2) is 10.8 Å².